The largest absolute Gasteiger partial charge is 0.507 e. The number of sulfonamides is 1. The van der Waals surface area contributed by atoms with Crippen LogP contribution in [0, 0.1) is 0 Å². The Labute approximate surface area is 189 Å². The lowest BCUT2D eigenvalue weighted by molar-refractivity contribution is 0.407. The van der Waals surface area contributed by atoms with Gasteiger partial charge in [-0.3, -0.25) is 0 Å². The van der Waals surface area contributed by atoms with Gasteiger partial charge in [0.1, 0.15) is 23.0 Å². The van der Waals surface area contributed by atoms with Crippen molar-refractivity contribution in [2.24, 2.45) is 5.14 Å². The first-order valence-electron chi connectivity index (χ1n) is 9.56. The molecule has 0 saturated heterocycles. The molecule has 0 atom stereocenters. The SMILES string of the molecule is COc1ccc(-c2nc(-c3ccc(OC)cc3O)n(-c3ccc(S(N)(=O)=O)cc3)n2)c(O)c1. The number of primary sulfonamides is 1. The van der Waals surface area contributed by atoms with E-state index >= 15 is 0 Å². The molecule has 0 bridgehead atoms. The van der Waals surface area contributed by atoms with Gasteiger partial charge in [0, 0.05) is 12.1 Å². The number of hydrogen-bond donors (Lipinski definition) is 3. The topological polar surface area (TPSA) is 150 Å². The zero-order chi connectivity index (χ0) is 23.8. The number of ether oxygens (including phenoxy) is 2. The summed E-state index contributed by atoms with van der Waals surface area (Å²) >= 11 is 0. The number of aromatic nitrogens is 3. The van der Waals surface area contributed by atoms with E-state index in [-0.39, 0.29) is 28.0 Å². The van der Waals surface area contributed by atoms with Gasteiger partial charge in [-0.2, -0.15) is 0 Å². The summed E-state index contributed by atoms with van der Waals surface area (Å²) in [6.45, 7) is 0. The van der Waals surface area contributed by atoms with Crippen LogP contribution in [0.4, 0.5) is 0 Å². The highest BCUT2D eigenvalue weighted by atomic mass is 32.2. The molecule has 170 valence electrons. The Morgan fingerprint density at radius 3 is 1.88 bits per heavy atom. The zero-order valence-electron chi connectivity index (χ0n) is 17.6. The van der Waals surface area contributed by atoms with Crippen LogP contribution in [0.15, 0.2) is 65.6 Å². The molecular weight excluding hydrogens is 448 g/mol. The average Bonchev–Trinajstić information content (AvgIpc) is 3.23. The number of methoxy groups -OCH3 is 2. The van der Waals surface area contributed by atoms with Crippen molar-refractivity contribution in [2.75, 3.05) is 14.2 Å². The fourth-order valence-corrected chi connectivity index (χ4v) is 3.73. The highest BCUT2D eigenvalue weighted by Crippen LogP contribution is 2.36. The Morgan fingerprint density at radius 2 is 1.39 bits per heavy atom. The molecule has 4 N–H and O–H groups in total. The third-order valence-corrected chi connectivity index (χ3v) is 5.84. The molecule has 0 aliphatic rings. The summed E-state index contributed by atoms with van der Waals surface area (Å²) in [4.78, 5) is 4.48. The minimum atomic E-state index is -3.87. The summed E-state index contributed by atoms with van der Waals surface area (Å²) < 4.78 is 34.9. The zero-order valence-corrected chi connectivity index (χ0v) is 18.4. The van der Waals surface area contributed by atoms with Crippen LogP contribution in [0.25, 0.3) is 28.5 Å². The van der Waals surface area contributed by atoms with E-state index in [9.17, 15) is 18.6 Å². The van der Waals surface area contributed by atoms with Crippen LogP contribution < -0.4 is 14.6 Å². The smallest absolute Gasteiger partial charge is 0.238 e. The molecule has 0 aliphatic heterocycles. The van der Waals surface area contributed by atoms with Gasteiger partial charge in [0.05, 0.1) is 35.9 Å². The predicted molar refractivity (Wildman–Crippen MR) is 120 cm³/mol. The molecule has 0 aliphatic carbocycles. The summed E-state index contributed by atoms with van der Waals surface area (Å²) in [5.74, 6) is 1.14. The standard InChI is InChI=1S/C22H20N4O6S/c1-31-14-5-9-17(19(27)11-14)21-24-22(18-10-6-15(32-2)12-20(18)28)26(25-21)13-3-7-16(8-4-13)33(23,29)30/h3-12,27-28H,1-2H3,(H2,23,29,30). The number of nitrogens with two attached hydrogens (primary N) is 1. The van der Waals surface area contributed by atoms with Gasteiger partial charge in [0.2, 0.25) is 10.0 Å². The number of phenols is 2. The second-order valence-electron chi connectivity index (χ2n) is 6.98. The van der Waals surface area contributed by atoms with E-state index in [0.717, 1.165) is 0 Å². The maximum absolute atomic E-state index is 11.6. The molecular formula is C22H20N4O6S. The lowest BCUT2D eigenvalue weighted by atomic mass is 10.1. The van der Waals surface area contributed by atoms with Gasteiger partial charge in [0.25, 0.3) is 0 Å². The Bertz CT molecular complexity index is 1430. The van der Waals surface area contributed by atoms with Gasteiger partial charge in [-0.05, 0) is 48.5 Å². The number of rotatable bonds is 6. The number of nitrogens with zero attached hydrogens (tertiary/aromatic N) is 3. The second kappa shape index (κ2) is 8.45. The fourth-order valence-electron chi connectivity index (χ4n) is 3.21. The van der Waals surface area contributed by atoms with Crippen LogP contribution in [-0.2, 0) is 10.0 Å². The molecule has 4 rings (SSSR count). The van der Waals surface area contributed by atoms with Crippen LogP contribution in [0.5, 0.6) is 23.0 Å². The molecule has 3 aromatic carbocycles. The van der Waals surface area contributed by atoms with E-state index in [4.69, 9.17) is 14.6 Å². The quantitative estimate of drug-likeness (QED) is 0.391. The van der Waals surface area contributed by atoms with E-state index in [1.165, 1.54) is 55.3 Å². The molecule has 33 heavy (non-hydrogen) atoms. The van der Waals surface area contributed by atoms with Gasteiger partial charge in [-0.1, -0.05) is 0 Å². The first-order chi connectivity index (χ1) is 15.7. The summed E-state index contributed by atoms with van der Waals surface area (Å²) in [6, 6.07) is 15.1. The minimum absolute atomic E-state index is 0.0618. The summed E-state index contributed by atoms with van der Waals surface area (Å²) in [5, 5.41) is 30.7. The van der Waals surface area contributed by atoms with E-state index in [2.05, 4.69) is 10.1 Å². The van der Waals surface area contributed by atoms with Crippen molar-refractivity contribution in [3.63, 3.8) is 0 Å². The highest BCUT2D eigenvalue weighted by molar-refractivity contribution is 7.89. The van der Waals surface area contributed by atoms with Gasteiger partial charge in [-0.25, -0.2) is 23.2 Å². The van der Waals surface area contributed by atoms with Crippen molar-refractivity contribution >= 4 is 10.0 Å². The highest BCUT2D eigenvalue weighted by Gasteiger charge is 2.20. The number of benzene rings is 3. The van der Waals surface area contributed by atoms with Gasteiger partial charge in [-0.15, -0.1) is 5.10 Å². The van der Waals surface area contributed by atoms with Crippen LogP contribution in [-0.4, -0.2) is 47.6 Å². The van der Waals surface area contributed by atoms with Crippen molar-refractivity contribution in [2.45, 2.75) is 4.90 Å². The Balaban J connectivity index is 1.91. The van der Waals surface area contributed by atoms with Crippen molar-refractivity contribution < 1.29 is 28.1 Å². The first kappa shape index (κ1) is 22.1. The lowest BCUT2D eigenvalue weighted by Gasteiger charge is -2.09. The van der Waals surface area contributed by atoms with Crippen molar-refractivity contribution in [3.05, 3.63) is 60.7 Å². The average molecular weight is 468 g/mol. The van der Waals surface area contributed by atoms with Crippen molar-refractivity contribution in [1.82, 2.24) is 14.8 Å². The number of aromatic hydroxyl groups is 2. The summed E-state index contributed by atoms with van der Waals surface area (Å²) in [6.07, 6.45) is 0. The van der Waals surface area contributed by atoms with E-state index < -0.39 is 10.0 Å². The summed E-state index contributed by atoms with van der Waals surface area (Å²) in [5.41, 5.74) is 1.14. The third kappa shape index (κ3) is 4.31. The summed E-state index contributed by atoms with van der Waals surface area (Å²) in [7, 11) is -0.909. The molecule has 1 heterocycles. The second-order valence-corrected chi connectivity index (χ2v) is 8.54. The van der Waals surface area contributed by atoms with Crippen LogP contribution in [0.1, 0.15) is 0 Å². The van der Waals surface area contributed by atoms with Crippen LogP contribution >= 0.6 is 0 Å². The molecule has 0 fully saturated rings. The third-order valence-electron chi connectivity index (χ3n) is 4.91. The van der Waals surface area contributed by atoms with Gasteiger partial charge < -0.3 is 19.7 Å². The maximum atomic E-state index is 11.6. The van der Waals surface area contributed by atoms with Crippen molar-refractivity contribution in [3.8, 4) is 51.5 Å². The van der Waals surface area contributed by atoms with E-state index in [1.807, 2.05) is 0 Å². The molecule has 11 heteroatoms. The Hall–Kier alpha value is -4.09. The van der Waals surface area contributed by atoms with Crippen molar-refractivity contribution in [1.29, 1.82) is 0 Å². The van der Waals surface area contributed by atoms with Gasteiger partial charge in [0.15, 0.2) is 11.6 Å². The maximum Gasteiger partial charge on any atom is 0.238 e. The predicted octanol–water partition coefficient (Wildman–Crippen LogP) is 2.68. The number of phenolic OH excluding ortho intramolecular Hbond substituents is 2. The van der Waals surface area contributed by atoms with E-state index in [1.54, 1.807) is 24.3 Å². The fraction of sp³-hybridized carbons (Fsp3) is 0.0909. The van der Waals surface area contributed by atoms with Crippen LogP contribution in [0.2, 0.25) is 0 Å². The molecule has 4 aromatic rings. The molecule has 0 saturated carbocycles. The minimum Gasteiger partial charge on any atom is -0.507 e. The molecule has 0 amide bonds. The molecule has 1 aromatic heterocycles. The first-order valence-corrected chi connectivity index (χ1v) is 11.1. The molecule has 0 spiro atoms. The van der Waals surface area contributed by atoms with Crippen LogP contribution in [0.3, 0.4) is 0 Å². The van der Waals surface area contributed by atoms with E-state index in [0.29, 0.717) is 28.3 Å². The lowest BCUT2D eigenvalue weighted by Crippen LogP contribution is -2.12. The molecule has 10 nitrogen and oxygen atoms in total. The normalized spacial score (nSPS) is 11.4. The monoisotopic (exact) mass is 468 g/mol. The van der Waals surface area contributed by atoms with Gasteiger partial charge >= 0.3 is 0 Å². The molecule has 0 radical (unpaired) electrons. The number of hydrogen-bond acceptors (Lipinski definition) is 8. The Morgan fingerprint density at radius 1 is 0.848 bits per heavy atom. The molecule has 0 unspecified atom stereocenters. The Kier molecular flexibility index (Phi) is 5.66.